The minimum Gasteiger partial charge on any atom is -0.381 e. The van der Waals surface area contributed by atoms with Crippen molar-refractivity contribution in [2.45, 2.75) is 51.8 Å². The molecule has 0 spiro atoms. The van der Waals surface area contributed by atoms with Crippen molar-refractivity contribution in [3.05, 3.63) is 28.2 Å². The maximum atomic E-state index is 5.47. The van der Waals surface area contributed by atoms with Crippen molar-refractivity contribution in [3.8, 4) is 0 Å². The van der Waals surface area contributed by atoms with E-state index in [1.807, 2.05) is 7.11 Å². The Balaban J connectivity index is 2.11. The van der Waals surface area contributed by atoms with Crippen molar-refractivity contribution in [2.75, 3.05) is 25.1 Å². The van der Waals surface area contributed by atoms with Gasteiger partial charge in [0, 0.05) is 42.4 Å². The Bertz CT molecular complexity index is 462. The lowest BCUT2D eigenvalue weighted by atomic mass is 10.0. The van der Waals surface area contributed by atoms with Crippen LogP contribution in [0.3, 0.4) is 0 Å². The number of hydrogen-bond donors (Lipinski definition) is 1. The van der Waals surface area contributed by atoms with Crippen LogP contribution in [0.1, 0.15) is 39.2 Å². The highest BCUT2D eigenvalue weighted by molar-refractivity contribution is 9.10. The molecular formula is C17H27BrN2O. The zero-order valence-corrected chi connectivity index (χ0v) is 15.2. The molecule has 1 heterocycles. The molecule has 0 aromatic heterocycles. The van der Waals surface area contributed by atoms with E-state index in [0.29, 0.717) is 6.10 Å². The van der Waals surface area contributed by atoms with Gasteiger partial charge >= 0.3 is 0 Å². The summed E-state index contributed by atoms with van der Waals surface area (Å²) in [5, 5.41) is 3.59. The predicted octanol–water partition coefficient (Wildman–Crippen LogP) is 3.95. The van der Waals surface area contributed by atoms with Gasteiger partial charge in [-0.05, 0) is 57.4 Å². The van der Waals surface area contributed by atoms with E-state index in [0.717, 1.165) is 36.9 Å². The fourth-order valence-corrected chi connectivity index (χ4v) is 3.11. The Kier molecular flexibility index (Phi) is 5.69. The number of nitrogens with one attached hydrogen (secondary N) is 1. The van der Waals surface area contributed by atoms with Crippen LogP contribution >= 0.6 is 15.9 Å². The molecule has 4 heteroatoms. The molecule has 1 aliphatic heterocycles. The molecule has 0 radical (unpaired) electrons. The van der Waals surface area contributed by atoms with Crippen LogP contribution in [0.25, 0.3) is 0 Å². The van der Waals surface area contributed by atoms with E-state index in [4.69, 9.17) is 4.74 Å². The Labute approximate surface area is 137 Å². The molecule has 2 rings (SSSR count). The van der Waals surface area contributed by atoms with Gasteiger partial charge in [0.15, 0.2) is 0 Å². The topological polar surface area (TPSA) is 24.5 Å². The van der Waals surface area contributed by atoms with E-state index >= 15 is 0 Å². The number of piperidine rings is 1. The van der Waals surface area contributed by atoms with E-state index in [1.165, 1.54) is 11.3 Å². The largest absolute Gasteiger partial charge is 0.381 e. The Hall–Kier alpha value is -0.580. The molecule has 0 bridgehead atoms. The summed E-state index contributed by atoms with van der Waals surface area (Å²) in [6, 6.07) is 6.60. The number of rotatable bonds is 4. The lowest BCUT2D eigenvalue weighted by Crippen LogP contribution is -2.38. The zero-order valence-electron chi connectivity index (χ0n) is 13.6. The minimum atomic E-state index is 0.128. The summed E-state index contributed by atoms with van der Waals surface area (Å²) in [5.41, 5.74) is 2.84. The molecule has 1 N–H and O–H groups in total. The number of anilines is 1. The summed E-state index contributed by atoms with van der Waals surface area (Å²) >= 11 is 3.60. The predicted molar refractivity (Wildman–Crippen MR) is 93.0 cm³/mol. The minimum absolute atomic E-state index is 0.128. The number of benzene rings is 1. The second-order valence-electron chi connectivity index (χ2n) is 6.80. The van der Waals surface area contributed by atoms with Crippen LogP contribution in [-0.2, 0) is 11.3 Å². The third-order valence-electron chi connectivity index (χ3n) is 3.97. The van der Waals surface area contributed by atoms with E-state index in [1.54, 1.807) is 0 Å². The monoisotopic (exact) mass is 354 g/mol. The smallest absolute Gasteiger partial charge is 0.0605 e. The first-order chi connectivity index (χ1) is 9.89. The van der Waals surface area contributed by atoms with Gasteiger partial charge < -0.3 is 15.0 Å². The first kappa shape index (κ1) is 16.8. The molecule has 0 saturated carbocycles. The van der Waals surface area contributed by atoms with Gasteiger partial charge in [-0.1, -0.05) is 15.9 Å². The second-order valence-corrected chi connectivity index (χ2v) is 7.71. The molecule has 0 unspecified atom stereocenters. The fourth-order valence-electron chi connectivity index (χ4n) is 2.70. The third kappa shape index (κ3) is 4.97. The second kappa shape index (κ2) is 7.12. The summed E-state index contributed by atoms with van der Waals surface area (Å²) in [6.45, 7) is 9.64. The summed E-state index contributed by atoms with van der Waals surface area (Å²) in [4.78, 5) is 2.49. The average Bonchev–Trinajstić information content (AvgIpc) is 2.45. The molecule has 0 aliphatic carbocycles. The molecule has 1 aromatic carbocycles. The van der Waals surface area contributed by atoms with Crippen LogP contribution in [0.4, 0.5) is 5.69 Å². The number of methoxy groups -OCH3 is 1. The number of halogens is 1. The van der Waals surface area contributed by atoms with E-state index in [-0.39, 0.29) is 5.54 Å². The molecule has 1 fully saturated rings. The highest BCUT2D eigenvalue weighted by Gasteiger charge is 2.21. The van der Waals surface area contributed by atoms with E-state index in [2.05, 4.69) is 65.1 Å². The highest BCUT2D eigenvalue weighted by atomic mass is 79.9. The first-order valence-corrected chi connectivity index (χ1v) is 8.49. The summed E-state index contributed by atoms with van der Waals surface area (Å²) in [7, 11) is 1.82. The molecule has 1 aromatic rings. The van der Waals surface area contributed by atoms with Crippen molar-refractivity contribution >= 4 is 21.6 Å². The van der Waals surface area contributed by atoms with Gasteiger partial charge in [0.25, 0.3) is 0 Å². The zero-order chi connectivity index (χ0) is 15.5. The van der Waals surface area contributed by atoms with Crippen LogP contribution in [0.2, 0.25) is 0 Å². The van der Waals surface area contributed by atoms with Gasteiger partial charge in [0.05, 0.1) is 6.10 Å². The summed E-state index contributed by atoms with van der Waals surface area (Å²) < 4.78 is 6.61. The van der Waals surface area contributed by atoms with Gasteiger partial charge in [-0.25, -0.2) is 0 Å². The molecule has 118 valence electrons. The molecule has 1 saturated heterocycles. The summed E-state index contributed by atoms with van der Waals surface area (Å²) in [6.07, 6.45) is 2.64. The highest BCUT2D eigenvalue weighted by Crippen LogP contribution is 2.28. The Morgan fingerprint density at radius 3 is 2.52 bits per heavy atom. The lowest BCUT2D eigenvalue weighted by Gasteiger charge is -2.34. The van der Waals surface area contributed by atoms with Crippen molar-refractivity contribution in [1.82, 2.24) is 5.32 Å². The molecule has 0 atom stereocenters. The fraction of sp³-hybridized carbons (Fsp3) is 0.647. The average molecular weight is 355 g/mol. The number of hydrogen-bond acceptors (Lipinski definition) is 3. The van der Waals surface area contributed by atoms with Crippen molar-refractivity contribution < 1.29 is 4.74 Å². The van der Waals surface area contributed by atoms with Gasteiger partial charge in [-0.3, -0.25) is 0 Å². The molecule has 21 heavy (non-hydrogen) atoms. The van der Waals surface area contributed by atoms with Crippen LogP contribution in [-0.4, -0.2) is 31.8 Å². The van der Waals surface area contributed by atoms with Gasteiger partial charge in [0.2, 0.25) is 0 Å². The van der Waals surface area contributed by atoms with Crippen molar-refractivity contribution in [2.24, 2.45) is 0 Å². The Morgan fingerprint density at radius 2 is 1.95 bits per heavy atom. The normalized spacial score (nSPS) is 17.3. The molecule has 1 aliphatic rings. The quantitative estimate of drug-likeness (QED) is 0.885. The van der Waals surface area contributed by atoms with Gasteiger partial charge in [0.1, 0.15) is 0 Å². The standard InChI is InChI=1S/C17H27BrN2O/c1-17(2,3)19-12-13-11-14(18)5-6-16(13)20-9-7-15(21-4)8-10-20/h5-6,11,15,19H,7-10,12H2,1-4H3. The van der Waals surface area contributed by atoms with Crippen LogP contribution < -0.4 is 10.2 Å². The van der Waals surface area contributed by atoms with Crippen LogP contribution in [0, 0.1) is 0 Å². The SMILES string of the molecule is COC1CCN(c2ccc(Br)cc2CNC(C)(C)C)CC1. The molecule has 0 amide bonds. The summed E-state index contributed by atoms with van der Waals surface area (Å²) in [5.74, 6) is 0. The maximum absolute atomic E-state index is 5.47. The van der Waals surface area contributed by atoms with Gasteiger partial charge in [-0.15, -0.1) is 0 Å². The third-order valence-corrected chi connectivity index (χ3v) is 4.46. The molecule has 3 nitrogen and oxygen atoms in total. The van der Waals surface area contributed by atoms with Crippen LogP contribution in [0.15, 0.2) is 22.7 Å². The molecular weight excluding hydrogens is 328 g/mol. The van der Waals surface area contributed by atoms with Crippen molar-refractivity contribution in [3.63, 3.8) is 0 Å². The number of ether oxygens (including phenoxy) is 1. The first-order valence-electron chi connectivity index (χ1n) is 7.70. The maximum Gasteiger partial charge on any atom is 0.0605 e. The Morgan fingerprint density at radius 1 is 1.29 bits per heavy atom. The van der Waals surface area contributed by atoms with Crippen molar-refractivity contribution in [1.29, 1.82) is 0 Å². The number of nitrogens with zero attached hydrogens (tertiary/aromatic N) is 1. The van der Waals surface area contributed by atoms with Crippen LogP contribution in [0.5, 0.6) is 0 Å². The van der Waals surface area contributed by atoms with E-state index in [9.17, 15) is 0 Å². The van der Waals surface area contributed by atoms with E-state index < -0.39 is 0 Å². The van der Waals surface area contributed by atoms with Gasteiger partial charge in [-0.2, -0.15) is 0 Å². The lowest BCUT2D eigenvalue weighted by molar-refractivity contribution is 0.0819.